The Bertz CT molecular complexity index is 1400. The van der Waals surface area contributed by atoms with Gasteiger partial charge in [-0.15, -0.1) is 0 Å². The largest absolute Gasteiger partial charge is 0.471 e. The summed E-state index contributed by atoms with van der Waals surface area (Å²) < 4.78 is 41.9. The lowest BCUT2D eigenvalue weighted by Gasteiger charge is -2.35. The minimum atomic E-state index is -5.13. The maximum absolute atomic E-state index is 14.0. The first kappa shape index (κ1) is 26.5. The first-order valence-electron chi connectivity index (χ1n) is 13.1. The van der Waals surface area contributed by atoms with Gasteiger partial charge in [0.1, 0.15) is 0 Å². The van der Waals surface area contributed by atoms with E-state index in [0.717, 1.165) is 29.2 Å². The van der Waals surface area contributed by atoms with Crippen molar-refractivity contribution >= 4 is 28.8 Å². The number of carbonyl (C=O) groups is 2. The second-order valence-corrected chi connectivity index (χ2v) is 9.81. The van der Waals surface area contributed by atoms with Crippen molar-refractivity contribution in [2.24, 2.45) is 0 Å². The van der Waals surface area contributed by atoms with Gasteiger partial charge < -0.3 is 10.2 Å². The van der Waals surface area contributed by atoms with E-state index in [2.05, 4.69) is 24.1 Å². The number of nitrogens with one attached hydrogen (secondary N) is 1. The Kier molecular flexibility index (Phi) is 7.21. The van der Waals surface area contributed by atoms with Crippen molar-refractivity contribution < 1.29 is 22.8 Å². The molecule has 202 valence electrons. The van der Waals surface area contributed by atoms with Crippen LogP contribution in [0.1, 0.15) is 49.8 Å². The number of ketones is 1. The number of hydrogen-bond donors (Lipinski definition) is 1. The molecule has 0 saturated carbocycles. The zero-order valence-electron chi connectivity index (χ0n) is 21.8. The Morgan fingerprint density at radius 2 is 1.54 bits per heavy atom. The predicted molar refractivity (Wildman–Crippen MR) is 147 cm³/mol. The van der Waals surface area contributed by atoms with Gasteiger partial charge in [0.25, 0.3) is 0 Å². The van der Waals surface area contributed by atoms with E-state index in [4.69, 9.17) is 0 Å². The summed E-state index contributed by atoms with van der Waals surface area (Å²) in [5.74, 6) is -2.44. The van der Waals surface area contributed by atoms with Gasteiger partial charge in [0.05, 0.1) is 17.4 Å². The summed E-state index contributed by atoms with van der Waals surface area (Å²) in [6.45, 7) is 5.95. The third-order valence-corrected chi connectivity index (χ3v) is 7.56. The van der Waals surface area contributed by atoms with Gasteiger partial charge in [0.15, 0.2) is 5.78 Å². The van der Waals surface area contributed by atoms with Crippen LogP contribution in [0.2, 0.25) is 0 Å². The summed E-state index contributed by atoms with van der Waals surface area (Å²) in [4.78, 5) is 29.8. The molecule has 39 heavy (non-hydrogen) atoms. The van der Waals surface area contributed by atoms with Gasteiger partial charge in [-0.3, -0.25) is 14.5 Å². The lowest BCUT2D eigenvalue weighted by molar-refractivity contribution is -0.170. The van der Waals surface area contributed by atoms with E-state index in [1.807, 2.05) is 24.3 Å². The van der Waals surface area contributed by atoms with E-state index < -0.39 is 18.1 Å². The van der Waals surface area contributed by atoms with Crippen LogP contribution >= 0.6 is 0 Å². The molecule has 1 N–H and O–H groups in total. The molecule has 5 rings (SSSR count). The normalized spacial score (nSPS) is 19.1. The average Bonchev–Trinajstić information content (AvgIpc) is 3.08. The molecule has 0 spiro atoms. The van der Waals surface area contributed by atoms with Crippen LogP contribution in [0.4, 0.5) is 30.2 Å². The number of Topliss-reactive ketones (excluding diaryl/α,β-unsaturated/α-hetero) is 1. The molecular weight excluding hydrogens is 503 g/mol. The van der Waals surface area contributed by atoms with Gasteiger partial charge in [-0.1, -0.05) is 54.6 Å². The number of halogens is 3. The van der Waals surface area contributed by atoms with Crippen LogP contribution in [-0.4, -0.2) is 31.0 Å². The molecule has 5 nitrogen and oxygen atoms in total. The van der Waals surface area contributed by atoms with Crippen molar-refractivity contribution in [1.82, 2.24) is 0 Å². The number of fused-ring (bicyclic) bond motifs is 1. The number of nitrogens with zero attached hydrogens (tertiary/aromatic N) is 2. The fourth-order valence-corrected chi connectivity index (χ4v) is 5.68. The van der Waals surface area contributed by atoms with Crippen LogP contribution in [0, 0.1) is 0 Å². The molecule has 0 fully saturated rings. The zero-order chi connectivity index (χ0) is 27.7. The minimum absolute atomic E-state index is 0.0796. The quantitative estimate of drug-likeness (QED) is 0.384. The van der Waals surface area contributed by atoms with Gasteiger partial charge in [-0.05, 0) is 61.6 Å². The summed E-state index contributed by atoms with van der Waals surface area (Å²) in [5.41, 5.74) is 3.70. The summed E-state index contributed by atoms with van der Waals surface area (Å²) in [5, 5.41) is 3.26. The molecule has 1 heterocycles. The maximum atomic E-state index is 14.0. The zero-order valence-corrected chi connectivity index (χ0v) is 21.8. The Labute approximate surface area is 225 Å². The molecule has 2 atom stereocenters. The number of benzene rings is 3. The van der Waals surface area contributed by atoms with Crippen LogP contribution in [0.15, 0.2) is 90.1 Å². The molecule has 0 bridgehead atoms. The number of amides is 1. The lowest BCUT2D eigenvalue weighted by Crippen LogP contribution is -2.45. The lowest BCUT2D eigenvalue weighted by atomic mass is 9.78. The Morgan fingerprint density at radius 1 is 0.897 bits per heavy atom. The van der Waals surface area contributed by atoms with Gasteiger partial charge in [0, 0.05) is 36.5 Å². The fourth-order valence-electron chi connectivity index (χ4n) is 5.68. The van der Waals surface area contributed by atoms with E-state index in [-0.39, 0.29) is 29.4 Å². The first-order chi connectivity index (χ1) is 18.7. The van der Waals surface area contributed by atoms with E-state index in [1.54, 1.807) is 48.5 Å². The molecule has 0 saturated heterocycles. The third-order valence-electron chi connectivity index (χ3n) is 7.56. The number of hydrogen-bond acceptors (Lipinski definition) is 4. The van der Waals surface area contributed by atoms with Crippen molar-refractivity contribution in [3.63, 3.8) is 0 Å². The van der Waals surface area contributed by atoms with Crippen molar-refractivity contribution in [1.29, 1.82) is 0 Å². The van der Waals surface area contributed by atoms with Gasteiger partial charge >= 0.3 is 12.1 Å². The van der Waals surface area contributed by atoms with Gasteiger partial charge in [-0.2, -0.15) is 13.2 Å². The molecule has 3 aromatic rings. The molecule has 0 radical (unpaired) electrons. The fraction of sp³-hybridized carbons (Fsp3) is 0.290. The van der Waals surface area contributed by atoms with E-state index in [9.17, 15) is 22.8 Å². The van der Waals surface area contributed by atoms with Crippen LogP contribution in [0.3, 0.4) is 0 Å². The van der Waals surface area contributed by atoms with Gasteiger partial charge in [0.2, 0.25) is 0 Å². The minimum Gasteiger partial charge on any atom is -0.372 e. The molecule has 3 aromatic carbocycles. The van der Waals surface area contributed by atoms with E-state index in [0.29, 0.717) is 23.4 Å². The summed E-state index contributed by atoms with van der Waals surface area (Å²) >= 11 is 0. The topological polar surface area (TPSA) is 52.7 Å². The molecule has 1 aliphatic carbocycles. The summed E-state index contributed by atoms with van der Waals surface area (Å²) in [7, 11) is 0. The third kappa shape index (κ3) is 5.03. The molecule has 0 aromatic heterocycles. The Hall–Kier alpha value is -4.07. The second kappa shape index (κ2) is 10.6. The maximum Gasteiger partial charge on any atom is 0.471 e. The number of alkyl halides is 3. The highest BCUT2D eigenvalue weighted by Crippen LogP contribution is 2.48. The number of allylic oxidation sites excluding steroid dienone is 1. The summed E-state index contributed by atoms with van der Waals surface area (Å²) in [6, 6.07) is 21.8. The molecular formula is C31H30F3N3O2. The monoisotopic (exact) mass is 533 g/mol. The standard InChI is InChI=1S/C31H30F3N3O2/c1-3-36(4-2)23-16-14-20(15-17-23)22-18-25-28(27(38)19-22)29(21-10-6-5-7-11-21)37(30(39)31(32,33)34)26-13-9-8-12-24(26)35-25/h5-17,22,29,35H,3-4,18-19H2,1-2H3. The number of para-hydroxylation sites is 2. The average molecular weight is 534 g/mol. The molecule has 8 heteroatoms. The van der Waals surface area contributed by atoms with Crippen LogP contribution in [-0.2, 0) is 9.59 Å². The van der Waals surface area contributed by atoms with Crippen LogP contribution < -0.4 is 15.1 Å². The number of rotatable bonds is 5. The van der Waals surface area contributed by atoms with Crippen molar-refractivity contribution in [3.8, 4) is 0 Å². The van der Waals surface area contributed by atoms with Crippen molar-refractivity contribution in [2.45, 2.75) is 44.8 Å². The molecule has 1 aliphatic heterocycles. The Balaban J connectivity index is 1.63. The highest BCUT2D eigenvalue weighted by atomic mass is 19.4. The van der Waals surface area contributed by atoms with E-state index >= 15 is 0 Å². The SMILES string of the molecule is CCN(CC)c1ccc(C2CC(=O)C3=C(C2)Nc2ccccc2N(C(=O)C(F)(F)F)C3c2ccccc2)cc1. The Morgan fingerprint density at radius 3 is 2.18 bits per heavy atom. The number of anilines is 3. The van der Waals surface area contributed by atoms with Gasteiger partial charge in [-0.25, -0.2) is 0 Å². The predicted octanol–water partition coefficient (Wildman–Crippen LogP) is 7.00. The highest BCUT2D eigenvalue weighted by molar-refractivity contribution is 6.07. The second-order valence-electron chi connectivity index (χ2n) is 9.81. The molecule has 2 aliphatic rings. The smallest absolute Gasteiger partial charge is 0.372 e. The van der Waals surface area contributed by atoms with Crippen LogP contribution in [0.25, 0.3) is 0 Å². The van der Waals surface area contributed by atoms with Crippen molar-refractivity contribution in [3.05, 3.63) is 101 Å². The van der Waals surface area contributed by atoms with Crippen LogP contribution in [0.5, 0.6) is 0 Å². The summed E-state index contributed by atoms with van der Waals surface area (Å²) in [6.07, 6.45) is -4.56. The molecule has 2 unspecified atom stereocenters. The van der Waals surface area contributed by atoms with Crippen molar-refractivity contribution in [2.75, 3.05) is 28.2 Å². The number of carbonyl (C=O) groups excluding carboxylic acids is 2. The molecule has 1 amide bonds. The van der Waals surface area contributed by atoms with E-state index in [1.165, 1.54) is 6.07 Å². The first-order valence-corrected chi connectivity index (χ1v) is 13.1. The highest BCUT2D eigenvalue weighted by Gasteiger charge is 2.49.